The number of benzene rings is 2. The minimum absolute atomic E-state index is 0.0205. The van der Waals surface area contributed by atoms with Gasteiger partial charge in [-0.15, -0.1) is 0 Å². The van der Waals surface area contributed by atoms with Gasteiger partial charge in [0.1, 0.15) is 11.9 Å². The summed E-state index contributed by atoms with van der Waals surface area (Å²) >= 11 is 0.850. The third-order valence-electron chi connectivity index (χ3n) is 4.27. The third-order valence-corrected chi connectivity index (χ3v) is 5.29. The highest BCUT2D eigenvalue weighted by atomic mass is 32.1. The molecule has 1 unspecified atom stereocenters. The Morgan fingerprint density at radius 3 is 2.43 bits per heavy atom. The second kappa shape index (κ2) is 7.59. The molecule has 3 aromatic rings. The Bertz CT molecular complexity index is 1170. The number of rotatable bonds is 4. The molecule has 9 heteroatoms. The number of carbonyl (C=O) groups is 2. The van der Waals surface area contributed by atoms with Crippen LogP contribution >= 0.6 is 11.3 Å². The summed E-state index contributed by atoms with van der Waals surface area (Å²) < 4.78 is 42.5. The molecule has 2 aromatic carbocycles. The molecular weight excluding hydrogens is 393 g/mol. The largest absolute Gasteiger partial charge is 0.480 e. The van der Waals surface area contributed by atoms with Gasteiger partial charge in [-0.25, -0.2) is 18.0 Å². The number of halogens is 3. The molecule has 1 atom stereocenters. The summed E-state index contributed by atoms with van der Waals surface area (Å²) in [4.78, 5) is 28.0. The fraction of sp³-hybridized carbons (Fsp3) is 0.211. The maximum atomic E-state index is 13.7. The summed E-state index contributed by atoms with van der Waals surface area (Å²) in [6.45, 7) is 3.15. The molecule has 28 heavy (non-hydrogen) atoms. The van der Waals surface area contributed by atoms with E-state index in [0.29, 0.717) is 5.56 Å². The van der Waals surface area contributed by atoms with E-state index in [-0.39, 0.29) is 27.0 Å². The summed E-state index contributed by atoms with van der Waals surface area (Å²) in [6, 6.07) is 4.52. The lowest BCUT2D eigenvalue weighted by Crippen LogP contribution is -2.27. The molecule has 0 aliphatic rings. The first-order valence-electron chi connectivity index (χ1n) is 8.31. The van der Waals surface area contributed by atoms with E-state index in [9.17, 15) is 27.9 Å². The molecule has 0 saturated heterocycles. The van der Waals surface area contributed by atoms with Crippen LogP contribution in [0.5, 0.6) is 0 Å². The Balaban J connectivity index is 2.26. The molecule has 0 bridgehead atoms. The second-order valence-electron chi connectivity index (χ2n) is 6.13. The van der Waals surface area contributed by atoms with Gasteiger partial charge in [-0.05, 0) is 37.1 Å². The summed E-state index contributed by atoms with van der Waals surface area (Å²) in [6.07, 6.45) is 0.126. The number of nitrogens with zero attached hydrogens (tertiary/aromatic N) is 2. The van der Waals surface area contributed by atoms with Gasteiger partial charge in [0.2, 0.25) is 0 Å². The van der Waals surface area contributed by atoms with Crippen molar-refractivity contribution in [3.63, 3.8) is 0 Å². The molecule has 5 nitrogen and oxygen atoms in total. The third kappa shape index (κ3) is 3.57. The molecule has 0 aliphatic heterocycles. The molecule has 1 aromatic heterocycles. The molecule has 3 rings (SSSR count). The van der Waals surface area contributed by atoms with Crippen LogP contribution in [0, 0.1) is 24.4 Å². The Labute approximate surface area is 161 Å². The molecule has 0 saturated carbocycles. The first kappa shape index (κ1) is 19.8. The zero-order valence-corrected chi connectivity index (χ0v) is 15.7. The van der Waals surface area contributed by atoms with Crippen LogP contribution in [0.2, 0.25) is 0 Å². The molecule has 0 fully saturated rings. The molecule has 0 spiro atoms. The average molecular weight is 408 g/mol. The predicted octanol–water partition coefficient (Wildman–Crippen LogP) is 4.21. The zero-order chi connectivity index (χ0) is 20.6. The number of carboxylic acid groups (broad SMARTS) is 1. The summed E-state index contributed by atoms with van der Waals surface area (Å²) in [5, 5.41) is 9.51. The standard InChI is InChI=1S/C19H15F3N2O3S/c1-3-14(18(26)27)24-15-7-12(21)13(22)8-16(15)28-19(24)23-17(25)10-5-4-9(2)11(20)6-10/h4-8,14H,3H2,1-2H3,(H,26,27)/b23-19-. The Morgan fingerprint density at radius 1 is 1.14 bits per heavy atom. The SMILES string of the molecule is CCC(C(=O)O)n1/c(=N/C(=O)c2ccc(C)c(F)c2)sc2cc(F)c(F)cc21. The van der Waals surface area contributed by atoms with Crippen LogP contribution in [0.3, 0.4) is 0 Å². The van der Waals surface area contributed by atoms with Gasteiger partial charge in [-0.2, -0.15) is 4.99 Å². The lowest BCUT2D eigenvalue weighted by Gasteiger charge is -2.13. The van der Waals surface area contributed by atoms with Gasteiger partial charge in [0.05, 0.1) is 10.2 Å². The fourth-order valence-corrected chi connectivity index (χ4v) is 3.83. The summed E-state index contributed by atoms with van der Waals surface area (Å²) in [7, 11) is 0. The Morgan fingerprint density at radius 2 is 1.82 bits per heavy atom. The number of hydrogen-bond acceptors (Lipinski definition) is 3. The van der Waals surface area contributed by atoms with Gasteiger partial charge >= 0.3 is 5.97 Å². The Kier molecular flexibility index (Phi) is 5.37. The molecular formula is C19H15F3N2O3S. The highest BCUT2D eigenvalue weighted by Crippen LogP contribution is 2.25. The van der Waals surface area contributed by atoms with Crippen LogP contribution in [0.1, 0.15) is 35.3 Å². The maximum absolute atomic E-state index is 13.7. The summed E-state index contributed by atoms with van der Waals surface area (Å²) in [5.41, 5.74) is 0.448. The highest BCUT2D eigenvalue weighted by molar-refractivity contribution is 7.16. The lowest BCUT2D eigenvalue weighted by atomic mass is 10.1. The van der Waals surface area contributed by atoms with Gasteiger partial charge in [0, 0.05) is 11.6 Å². The molecule has 0 aliphatic carbocycles. The van der Waals surface area contributed by atoms with E-state index >= 15 is 0 Å². The summed E-state index contributed by atoms with van der Waals surface area (Å²) in [5.74, 6) is -4.81. The second-order valence-corrected chi connectivity index (χ2v) is 7.14. The first-order chi connectivity index (χ1) is 13.2. The average Bonchev–Trinajstić information content (AvgIpc) is 2.95. The Hall–Kier alpha value is -2.94. The van der Waals surface area contributed by atoms with Crippen molar-refractivity contribution in [2.24, 2.45) is 4.99 Å². The number of aryl methyl sites for hydroxylation is 1. The van der Waals surface area contributed by atoms with Gasteiger partial charge < -0.3 is 9.67 Å². The van der Waals surface area contributed by atoms with Crippen molar-refractivity contribution in [3.05, 3.63) is 63.7 Å². The van der Waals surface area contributed by atoms with E-state index in [4.69, 9.17) is 0 Å². The number of thiazole rings is 1. The van der Waals surface area contributed by atoms with E-state index in [0.717, 1.165) is 29.5 Å². The molecule has 1 heterocycles. The van der Waals surface area contributed by atoms with Crippen LogP contribution in [0.15, 0.2) is 35.3 Å². The van der Waals surface area contributed by atoms with Crippen LogP contribution in [-0.4, -0.2) is 21.6 Å². The van der Waals surface area contributed by atoms with Crippen molar-refractivity contribution in [2.45, 2.75) is 26.3 Å². The number of fused-ring (bicyclic) bond motifs is 1. The van der Waals surface area contributed by atoms with E-state index in [1.807, 2.05) is 0 Å². The topological polar surface area (TPSA) is 71.7 Å². The number of hydrogen-bond donors (Lipinski definition) is 1. The van der Waals surface area contributed by atoms with Crippen LogP contribution in [0.25, 0.3) is 10.2 Å². The van der Waals surface area contributed by atoms with Crippen molar-refractivity contribution in [3.8, 4) is 0 Å². The maximum Gasteiger partial charge on any atom is 0.326 e. The minimum Gasteiger partial charge on any atom is -0.480 e. The number of amides is 1. The molecule has 1 N–H and O–H groups in total. The monoisotopic (exact) mass is 408 g/mol. The number of aromatic nitrogens is 1. The zero-order valence-electron chi connectivity index (χ0n) is 14.9. The van der Waals surface area contributed by atoms with Gasteiger partial charge in [-0.1, -0.05) is 24.3 Å². The fourth-order valence-electron chi connectivity index (χ4n) is 2.76. The van der Waals surface area contributed by atoms with Gasteiger partial charge in [-0.3, -0.25) is 4.79 Å². The highest BCUT2D eigenvalue weighted by Gasteiger charge is 2.23. The number of carbonyl (C=O) groups excluding carboxylic acids is 1. The van der Waals surface area contributed by atoms with Crippen LogP contribution < -0.4 is 4.80 Å². The lowest BCUT2D eigenvalue weighted by molar-refractivity contribution is -0.140. The first-order valence-corrected chi connectivity index (χ1v) is 9.12. The van der Waals surface area contributed by atoms with E-state index in [1.165, 1.54) is 16.7 Å². The van der Waals surface area contributed by atoms with E-state index in [1.54, 1.807) is 13.8 Å². The van der Waals surface area contributed by atoms with Crippen molar-refractivity contribution in [1.29, 1.82) is 0 Å². The number of aliphatic carboxylic acids is 1. The van der Waals surface area contributed by atoms with Crippen molar-refractivity contribution in [1.82, 2.24) is 4.57 Å². The smallest absolute Gasteiger partial charge is 0.326 e. The van der Waals surface area contributed by atoms with E-state index in [2.05, 4.69) is 4.99 Å². The quantitative estimate of drug-likeness (QED) is 0.703. The normalized spacial score (nSPS) is 13.1. The van der Waals surface area contributed by atoms with Crippen molar-refractivity contribution < 1.29 is 27.9 Å². The van der Waals surface area contributed by atoms with Crippen LogP contribution in [0.4, 0.5) is 13.2 Å². The van der Waals surface area contributed by atoms with Crippen LogP contribution in [-0.2, 0) is 4.79 Å². The molecule has 146 valence electrons. The van der Waals surface area contributed by atoms with Crippen molar-refractivity contribution in [2.75, 3.05) is 0 Å². The predicted molar refractivity (Wildman–Crippen MR) is 97.7 cm³/mol. The van der Waals surface area contributed by atoms with Gasteiger partial charge in [0.15, 0.2) is 16.4 Å². The van der Waals surface area contributed by atoms with Crippen molar-refractivity contribution >= 4 is 33.4 Å². The molecule has 1 amide bonds. The van der Waals surface area contributed by atoms with Gasteiger partial charge in [0.25, 0.3) is 5.91 Å². The van der Waals surface area contributed by atoms with E-state index < -0.39 is 35.4 Å². The minimum atomic E-state index is -1.21. The molecule has 0 radical (unpaired) electrons. The number of carboxylic acids is 1.